The van der Waals surface area contributed by atoms with Crippen LogP contribution in [0, 0.1) is 6.92 Å². The van der Waals surface area contributed by atoms with Gasteiger partial charge in [-0.1, -0.05) is 30.3 Å². The van der Waals surface area contributed by atoms with Crippen LogP contribution in [0.1, 0.15) is 36.5 Å². The Balaban J connectivity index is 1.40. The van der Waals surface area contributed by atoms with Crippen LogP contribution in [0.15, 0.2) is 30.3 Å². The zero-order valence-corrected chi connectivity index (χ0v) is 14.8. The predicted molar refractivity (Wildman–Crippen MR) is 95.1 cm³/mol. The summed E-state index contributed by atoms with van der Waals surface area (Å²) in [5.74, 6) is 1.66. The van der Waals surface area contributed by atoms with Gasteiger partial charge in [0.15, 0.2) is 5.82 Å². The molecule has 6 nitrogen and oxygen atoms in total. The highest BCUT2D eigenvalue weighted by Gasteiger charge is 2.23. The molecule has 0 radical (unpaired) electrons. The van der Waals surface area contributed by atoms with Crippen molar-refractivity contribution in [2.24, 2.45) is 0 Å². The Hall–Kier alpha value is -2.21. The second kappa shape index (κ2) is 8.76. The molecule has 1 amide bonds. The monoisotopic (exact) mass is 342 g/mol. The molecule has 1 saturated heterocycles. The summed E-state index contributed by atoms with van der Waals surface area (Å²) in [5.41, 5.74) is 1.35. The number of carbonyl (C=O) groups excluding carboxylic acids is 1. The maximum atomic E-state index is 12.4. The van der Waals surface area contributed by atoms with Crippen molar-refractivity contribution in [1.82, 2.24) is 20.1 Å². The molecule has 2 heterocycles. The molecular weight excluding hydrogens is 316 g/mol. The van der Waals surface area contributed by atoms with Crippen molar-refractivity contribution in [2.75, 3.05) is 19.7 Å². The second-order valence-corrected chi connectivity index (χ2v) is 6.55. The lowest BCUT2D eigenvalue weighted by molar-refractivity contribution is -0.139. The zero-order valence-electron chi connectivity index (χ0n) is 14.8. The van der Waals surface area contributed by atoms with E-state index in [4.69, 9.17) is 4.74 Å². The molecule has 0 saturated carbocycles. The van der Waals surface area contributed by atoms with E-state index in [0.717, 1.165) is 25.1 Å². The largest absolute Gasteiger partial charge is 0.375 e. The van der Waals surface area contributed by atoms with Gasteiger partial charge >= 0.3 is 0 Å². The van der Waals surface area contributed by atoms with Gasteiger partial charge in [-0.25, -0.2) is 4.98 Å². The van der Waals surface area contributed by atoms with E-state index >= 15 is 0 Å². The van der Waals surface area contributed by atoms with Gasteiger partial charge in [0.2, 0.25) is 5.91 Å². The molecule has 1 atom stereocenters. The van der Waals surface area contributed by atoms with Crippen molar-refractivity contribution in [2.45, 2.75) is 45.1 Å². The Morgan fingerprint density at radius 1 is 1.32 bits per heavy atom. The average molecular weight is 342 g/mol. The Morgan fingerprint density at radius 2 is 2.16 bits per heavy atom. The molecule has 134 valence electrons. The third-order valence-corrected chi connectivity index (χ3v) is 4.53. The molecule has 6 heteroatoms. The number of nitrogens with one attached hydrogen (secondary N) is 1. The van der Waals surface area contributed by atoms with Gasteiger partial charge in [0.1, 0.15) is 5.82 Å². The first kappa shape index (κ1) is 17.6. The number of nitrogens with zero attached hydrogens (tertiary/aromatic N) is 3. The number of hydrogen-bond donors (Lipinski definition) is 1. The van der Waals surface area contributed by atoms with Crippen LogP contribution in [0.4, 0.5) is 0 Å². The van der Waals surface area contributed by atoms with E-state index in [0.29, 0.717) is 38.4 Å². The highest BCUT2D eigenvalue weighted by Crippen LogP contribution is 2.14. The first-order chi connectivity index (χ1) is 12.2. The SMILES string of the molecule is Cc1nc(CCC(=O)N2CCO[C@H](CCCc3ccccc3)C2)n[nH]1. The van der Waals surface area contributed by atoms with E-state index in [1.54, 1.807) is 0 Å². The van der Waals surface area contributed by atoms with Crippen LogP contribution in [0.2, 0.25) is 0 Å². The van der Waals surface area contributed by atoms with Gasteiger partial charge in [-0.05, 0) is 31.7 Å². The molecule has 1 aliphatic rings. The fourth-order valence-electron chi connectivity index (χ4n) is 3.18. The van der Waals surface area contributed by atoms with Crippen LogP contribution < -0.4 is 0 Å². The van der Waals surface area contributed by atoms with Gasteiger partial charge in [0.05, 0.1) is 12.7 Å². The van der Waals surface area contributed by atoms with E-state index in [9.17, 15) is 4.79 Å². The molecule has 0 unspecified atom stereocenters. The molecule has 2 aromatic rings. The van der Waals surface area contributed by atoms with Gasteiger partial charge in [0.25, 0.3) is 0 Å². The minimum absolute atomic E-state index is 0.146. The fraction of sp³-hybridized carbons (Fsp3) is 0.526. The van der Waals surface area contributed by atoms with Gasteiger partial charge in [-0.3, -0.25) is 9.89 Å². The maximum Gasteiger partial charge on any atom is 0.223 e. The summed E-state index contributed by atoms with van der Waals surface area (Å²) >= 11 is 0. The molecule has 1 aromatic carbocycles. The maximum absolute atomic E-state index is 12.4. The van der Waals surface area contributed by atoms with E-state index in [1.807, 2.05) is 17.9 Å². The Labute approximate surface area is 148 Å². The van der Waals surface area contributed by atoms with Crippen LogP contribution >= 0.6 is 0 Å². The molecule has 0 bridgehead atoms. The number of aromatic nitrogens is 3. The number of H-pyrrole nitrogens is 1. The number of benzene rings is 1. The summed E-state index contributed by atoms with van der Waals surface area (Å²) < 4.78 is 5.84. The molecule has 0 spiro atoms. The third kappa shape index (κ3) is 5.39. The van der Waals surface area contributed by atoms with Crippen LogP contribution in [-0.4, -0.2) is 51.8 Å². The number of aromatic amines is 1. The molecule has 1 aliphatic heterocycles. The molecule has 0 aliphatic carbocycles. The van der Waals surface area contributed by atoms with Crippen molar-refractivity contribution < 1.29 is 9.53 Å². The van der Waals surface area contributed by atoms with Crippen molar-refractivity contribution >= 4 is 5.91 Å². The predicted octanol–water partition coefficient (Wildman–Crippen LogP) is 2.30. The Bertz CT molecular complexity index is 671. The van der Waals surface area contributed by atoms with Crippen LogP contribution in [0.5, 0.6) is 0 Å². The molecule has 3 rings (SSSR count). The molecular formula is C19H26N4O2. The lowest BCUT2D eigenvalue weighted by Gasteiger charge is -2.33. The smallest absolute Gasteiger partial charge is 0.223 e. The standard InChI is InChI=1S/C19H26N4O2/c1-15-20-18(22-21-15)10-11-19(24)23-12-13-25-17(14-23)9-5-8-16-6-3-2-4-7-16/h2-4,6-7,17H,5,8-14H2,1H3,(H,20,21,22)/t17-/m1/s1. The molecule has 25 heavy (non-hydrogen) atoms. The number of aryl methyl sites for hydroxylation is 3. The quantitative estimate of drug-likeness (QED) is 0.838. The van der Waals surface area contributed by atoms with Crippen LogP contribution in [-0.2, 0) is 22.4 Å². The van der Waals surface area contributed by atoms with Gasteiger partial charge < -0.3 is 9.64 Å². The van der Waals surface area contributed by atoms with Gasteiger partial charge in [-0.2, -0.15) is 5.10 Å². The topological polar surface area (TPSA) is 71.1 Å². The number of amides is 1. The van der Waals surface area contributed by atoms with Crippen LogP contribution in [0.25, 0.3) is 0 Å². The minimum atomic E-state index is 0.146. The summed E-state index contributed by atoms with van der Waals surface area (Å²) in [5, 5.41) is 6.90. The summed E-state index contributed by atoms with van der Waals surface area (Å²) in [7, 11) is 0. The molecule has 1 fully saturated rings. The Kier molecular flexibility index (Phi) is 6.17. The van der Waals surface area contributed by atoms with Crippen LogP contribution in [0.3, 0.4) is 0 Å². The van der Waals surface area contributed by atoms with E-state index in [1.165, 1.54) is 5.56 Å². The summed E-state index contributed by atoms with van der Waals surface area (Å²) in [6.45, 7) is 3.86. The number of rotatable bonds is 7. The highest BCUT2D eigenvalue weighted by molar-refractivity contribution is 5.76. The number of hydrogen-bond acceptors (Lipinski definition) is 4. The van der Waals surface area contributed by atoms with E-state index < -0.39 is 0 Å². The average Bonchev–Trinajstić information content (AvgIpc) is 3.06. The number of carbonyl (C=O) groups is 1. The summed E-state index contributed by atoms with van der Waals surface area (Å²) in [4.78, 5) is 18.6. The van der Waals surface area contributed by atoms with Gasteiger partial charge in [-0.15, -0.1) is 0 Å². The Morgan fingerprint density at radius 3 is 2.92 bits per heavy atom. The lowest BCUT2D eigenvalue weighted by Crippen LogP contribution is -2.45. The summed E-state index contributed by atoms with van der Waals surface area (Å²) in [6.07, 6.45) is 4.30. The normalized spacial score (nSPS) is 17.6. The van der Waals surface area contributed by atoms with Crippen molar-refractivity contribution in [3.63, 3.8) is 0 Å². The van der Waals surface area contributed by atoms with E-state index in [2.05, 4.69) is 39.4 Å². The molecule has 1 N–H and O–H groups in total. The summed E-state index contributed by atoms with van der Waals surface area (Å²) in [6, 6.07) is 10.5. The minimum Gasteiger partial charge on any atom is -0.375 e. The second-order valence-electron chi connectivity index (χ2n) is 6.55. The van der Waals surface area contributed by atoms with Crippen molar-refractivity contribution in [3.8, 4) is 0 Å². The highest BCUT2D eigenvalue weighted by atomic mass is 16.5. The first-order valence-corrected chi connectivity index (χ1v) is 9.02. The lowest BCUT2D eigenvalue weighted by atomic mass is 10.0. The van der Waals surface area contributed by atoms with Crippen molar-refractivity contribution in [1.29, 1.82) is 0 Å². The van der Waals surface area contributed by atoms with Crippen molar-refractivity contribution in [3.05, 3.63) is 47.5 Å². The van der Waals surface area contributed by atoms with Gasteiger partial charge in [0, 0.05) is 25.9 Å². The fourth-order valence-corrected chi connectivity index (χ4v) is 3.18. The third-order valence-electron chi connectivity index (χ3n) is 4.53. The number of morpholine rings is 1. The van der Waals surface area contributed by atoms with E-state index in [-0.39, 0.29) is 12.0 Å². The molecule has 1 aromatic heterocycles. The number of ether oxygens (including phenoxy) is 1. The first-order valence-electron chi connectivity index (χ1n) is 9.02. The zero-order chi connectivity index (χ0) is 17.5.